The summed E-state index contributed by atoms with van der Waals surface area (Å²) in [5.41, 5.74) is 5.58. The van der Waals surface area contributed by atoms with E-state index in [1.165, 1.54) is 0 Å². The zero-order chi connectivity index (χ0) is 16.0. The maximum atomic E-state index is 10.3. The van der Waals surface area contributed by atoms with E-state index in [0.29, 0.717) is 36.0 Å². The fourth-order valence-electron chi connectivity index (χ4n) is 3.54. The third-order valence-electron chi connectivity index (χ3n) is 4.74. The largest absolute Gasteiger partial charge is 0.390 e. The van der Waals surface area contributed by atoms with Crippen LogP contribution < -0.4 is 10.6 Å². The summed E-state index contributed by atoms with van der Waals surface area (Å²) in [7, 11) is 0. The molecule has 6 nitrogen and oxygen atoms in total. The maximum Gasteiger partial charge on any atom is 0.222 e. The Labute approximate surface area is 135 Å². The minimum atomic E-state index is -0.631. The van der Waals surface area contributed by atoms with Crippen molar-refractivity contribution in [3.05, 3.63) is 10.7 Å². The van der Waals surface area contributed by atoms with E-state index in [1.54, 1.807) is 0 Å². The monoisotopic (exact) mass is 326 g/mol. The zero-order valence-corrected chi connectivity index (χ0v) is 13.9. The zero-order valence-electron chi connectivity index (χ0n) is 13.1. The predicted octanol–water partition coefficient (Wildman–Crippen LogP) is 1.92. The van der Waals surface area contributed by atoms with Gasteiger partial charge in [0.15, 0.2) is 5.82 Å². The molecule has 0 bridgehead atoms. The first-order valence-electron chi connectivity index (χ1n) is 7.71. The number of anilines is 2. The van der Waals surface area contributed by atoms with Crippen molar-refractivity contribution in [1.29, 1.82) is 0 Å². The molecule has 1 atom stereocenters. The summed E-state index contributed by atoms with van der Waals surface area (Å²) in [6.45, 7) is 5.91. The lowest BCUT2D eigenvalue weighted by Crippen LogP contribution is -2.53. The van der Waals surface area contributed by atoms with Crippen LogP contribution in [0.1, 0.15) is 38.3 Å². The van der Waals surface area contributed by atoms with Crippen LogP contribution in [0.25, 0.3) is 0 Å². The van der Waals surface area contributed by atoms with E-state index < -0.39 is 5.60 Å². The second kappa shape index (κ2) is 5.51. The van der Waals surface area contributed by atoms with Gasteiger partial charge in [-0.15, -0.1) is 0 Å². The summed E-state index contributed by atoms with van der Waals surface area (Å²) in [4.78, 5) is 10.5. The quantitative estimate of drug-likeness (QED) is 0.820. The number of halogens is 1. The molecule has 2 aliphatic rings. The van der Waals surface area contributed by atoms with Crippen LogP contribution in [0.5, 0.6) is 0 Å². The van der Waals surface area contributed by atoms with Crippen molar-refractivity contribution in [2.75, 3.05) is 30.3 Å². The lowest BCUT2D eigenvalue weighted by Gasteiger charge is -2.48. The first-order valence-corrected chi connectivity index (χ1v) is 8.09. The molecule has 2 aliphatic heterocycles. The molecular formula is C15H23ClN4O2. The molecule has 3 heterocycles. The van der Waals surface area contributed by atoms with E-state index in [2.05, 4.69) is 14.9 Å². The number of aromatic nitrogens is 2. The summed E-state index contributed by atoms with van der Waals surface area (Å²) in [6.07, 6.45) is 3.09. The number of aliphatic hydroxyl groups is 1. The van der Waals surface area contributed by atoms with Gasteiger partial charge in [0.05, 0.1) is 23.5 Å². The van der Waals surface area contributed by atoms with Gasteiger partial charge >= 0.3 is 0 Å². The van der Waals surface area contributed by atoms with Gasteiger partial charge in [0, 0.05) is 19.5 Å². The number of rotatable bonds is 1. The molecule has 1 aromatic rings. The minimum Gasteiger partial charge on any atom is -0.390 e. The van der Waals surface area contributed by atoms with E-state index in [4.69, 9.17) is 22.1 Å². The smallest absolute Gasteiger partial charge is 0.222 e. The number of nitrogens with two attached hydrogens (primary N) is 1. The Bertz CT molecular complexity index is 571. The molecule has 1 aromatic heterocycles. The van der Waals surface area contributed by atoms with Crippen LogP contribution in [-0.4, -0.2) is 46.0 Å². The molecule has 0 aliphatic carbocycles. The van der Waals surface area contributed by atoms with Gasteiger partial charge in [0.25, 0.3) is 0 Å². The van der Waals surface area contributed by atoms with Crippen LogP contribution in [0, 0.1) is 6.92 Å². The van der Waals surface area contributed by atoms with E-state index >= 15 is 0 Å². The van der Waals surface area contributed by atoms with Gasteiger partial charge in [-0.2, -0.15) is 4.98 Å². The molecule has 2 saturated heterocycles. The highest BCUT2D eigenvalue weighted by Gasteiger charge is 2.44. The number of aryl methyl sites for hydroxylation is 1. The van der Waals surface area contributed by atoms with Crippen LogP contribution in [0.15, 0.2) is 0 Å². The maximum absolute atomic E-state index is 10.3. The highest BCUT2D eigenvalue weighted by molar-refractivity contribution is 6.33. The van der Waals surface area contributed by atoms with Crippen molar-refractivity contribution in [2.45, 2.75) is 50.7 Å². The molecule has 1 spiro atoms. The summed E-state index contributed by atoms with van der Waals surface area (Å²) >= 11 is 6.33. The molecule has 3 rings (SSSR count). The third kappa shape index (κ3) is 3.00. The first kappa shape index (κ1) is 15.8. The van der Waals surface area contributed by atoms with Gasteiger partial charge in [-0.3, -0.25) is 0 Å². The SMILES string of the molecule is Cc1nc(N)nc(N2CCC3(CC2)CC(C)(O)CCO3)c1Cl. The van der Waals surface area contributed by atoms with E-state index in [-0.39, 0.29) is 11.5 Å². The Balaban J connectivity index is 1.75. The molecule has 122 valence electrons. The van der Waals surface area contributed by atoms with Gasteiger partial charge in [0.2, 0.25) is 5.95 Å². The highest BCUT2D eigenvalue weighted by atomic mass is 35.5. The molecular weight excluding hydrogens is 304 g/mol. The molecule has 7 heteroatoms. The topological polar surface area (TPSA) is 84.5 Å². The lowest BCUT2D eigenvalue weighted by atomic mass is 9.78. The average Bonchev–Trinajstić information content (AvgIpc) is 2.43. The average molecular weight is 327 g/mol. The number of nitrogens with zero attached hydrogens (tertiary/aromatic N) is 3. The van der Waals surface area contributed by atoms with Gasteiger partial charge in [-0.05, 0) is 33.1 Å². The van der Waals surface area contributed by atoms with Crippen molar-refractivity contribution in [1.82, 2.24) is 9.97 Å². The summed E-state index contributed by atoms with van der Waals surface area (Å²) in [5.74, 6) is 0.943. The van der Waals surface area contributed by atoms with Gasteiger partial charge in [-0.1, -0.05) is 11.6 Å². The Morgan fingerprint density at radius 2 is 1.95 bits per heavy atom. The van der Waals surface area contributed by atoms with Crippen LogP contribution in [0.3, 0.4) is 0 Å². The van der Waals surface area contributed by atoms with Crippen molar-refractivity contribution in [2.24, 2.45) is 0 Å². The van der Waals surface area contributed by atoms with Crippen LogP contribution in [-0.2, 0) is 4.74 Å². The van der Waals surface area contributed by atoms with Crippen LogP contribution in [0.2, 0.25) is 5.02 Å². The Morgan fingerprint density at radius 3 is 2.59 bits per heavy atom. The fraction of sp³-hybridized carbons (Fsp3) is 0.733. The number of nitrogen functional groups attached to an aromatic ring is 1. The van der Waals surface area contributed by atoms with Crippen molar-refractivity contribution >= 4 is 23.4 Å². The molecule has 2 fully saturated rings. The number of piperidine rings is 1. The van der Waals surface area contributed by atoms with Crippen LogP contribution >= 0.6 is 11.6 Å². The predicted molar refractivity (Wildman–Crippen MR) is 86.2 cm³/mol. The molecule has 3 N–H and O–H groups in total. The Kier molecular flexibility index (Phi) is 3.95. The van der Waals surface area contributed by atoms with Crippen molar-refractivity contribution < 1.29 is 9.84 Å². The molecule has 0 saturated carbocycles. The van der Waals surface area contributed by atoms with Crippen molar-refractivity contribution in [3.63, 3.8) is 0 Å². The normalized spacial score (nSPS) is 28.1. The third-order valence-corrected chi connectivity index (χ3v) is 5.19. The van der Waals surface area contributed by atoms with Crippen molar-refractivity contribution in [3.8, 4) is 0 Å². The number of ether oxygens (including phenoxy) is 1. The lowest BCUT2D eigenvalue weighted by molar-refractivity contribution is -0.162. The molecule has 1 unspecified atom stereocenters. The Morgan fingerprint density at radius 1 is 1.27 bits per heavy atom. The van der Waals surface area contributed by atoms with Crippen LogP contribution in [0.4, 0.5) is 11.8 Å². The Hall–Kier alpha value is -1.11. The minimum absolute atomic E-state index is 0.224. The summed E-state index contributed by atoms with van der Waals surface area (Å²) in [6, 6.07) is 0. The second-order valence-electron chi connectivity index (χ2n) is 6.75. The molecule has 0 aromatic carbocycles. The summed E-state index contributed by atoms with van der Waals surface area (Å²) in [5, 5.41) is 10.9. The second-order valence-corrected chi connectivity index (χ2v) is 7.13. The van der Waals surface area contributed by atoms with Gasteiger partial charge in [0.1, 0.15) is 5.02 Å². The van der Waals surface area contributed by atoms with E-state index in [1.807, 2.05) is 13.8 Å². The highest BCUT2D eigenvalue weighted by Crippen LogP contribution is 2.41. The van der Waals surface area contributed by atoms with Gasteiger partial charge in [-0.25, -0.2) is 4.98 Å². The molecule has 0 amide bonds. The number of hydrogen-bond acceptors (Lipinski definition) is 6. The van der Waals surface area contributed by atoms with Gasteiger partial charge < -0.3 is 20.5 Å². The van der Waals surface area contributed by atoms with E-state index in [0.717, 1.165) is 25.9 Å². The number of hydrogen-bond donors (Lipinski definition) is 2. The standard InChI is InChI=1S/C15H23ClN4O2/c1-10-11(16)12(19-13(17)18-10)20-6-3-15(4-7-20)9-14(2,21)5-8-22-15/h21H,3-9H2,1-2H3,(H2,17,18,19). The molecule has 22 heavy (non-hydrogen) atoms. The molecule has 0 radical (unpaired) electrons. The summed E-state index contributed by atoms with van der Waals surface area (Å²) < 4.78 is 6.03. The van der Waals surface area contributed by atoms with E-state index in [9.17, 15) is 5.11 Å². The first-order chi connectivity index (χ1) is 10.3. The fourth-order valence-corrected chi connectivity index (χ4v) is 3.75.